The SMILES string of the molecule is Cc1nc2ccn(Cc3ccc(F)cn3)c(=O)c2cc1C(=O)O. The Bertz CT molecular complexity index is 965. The molecule has 0 atom stereocenters. The second-order valence-electron chi connectivity index (χ2n) is 5.08. The number of carboxylic acids is 1. The minimum atomic E-state index is -1.13. The van der Waals surface area contributed by atoms with Gasteiger partial charge in [0.25, 0.3) is 5.56 Å². The Hall–Kier alpha value is -3.09. The van der Waals surface area contributed by atoms with Gasteiger partial charge in [-0.2, -0.15) is 0 Å². The van der Waals surface area contributed by atoms with Gasteiger partial charge in [0.05, 0.1) is 40.6 Å². The zero-order valence-electron chi connectivity index (χ0n) is 12.2. The second kappa shape index (κ2) is 5.60. The first kappa shape index (κ1) is 14.8. The number of carbonyl (C=O) groups is 1. The monoisotopic (exact) mass is 313 g/mol. The lowest BCUT2D eigenvalue weighted by molar-refractivity contribution is 0.0696. The van der Waals surface area contributed by atoms with Crippen molar-refractivity contribution in [2.75, 3.05) is 0 Å². The number of halogens is 1. The number of carboxylic acid groups (broad SMARTS) is 1. The molecule has 0 fully saturated rings. The van der Waals surface area contributed by atoms with Crippen LogP contribution < -0.4 is 5.56 Å². The average molecular weight is 313 g/mol. The molecular weight excluding hydrogens is 301 g/mol. The van der Waals surface area contributed by atoms with Crippen LogP contribution in [-0.2, 0) is 6.54 Å². The Kier molecular flexibility index (Phi) is 3.61. The number of hydrogen-bond donors (Lipinski definition) is 1. The fourth-order valence-corrected chi connectivity index (χ4v) is 2.32. The maximum atomic E-state index is 12.9. The van der Waals surface area contributed by atoms with Crippen LogP contribution in [0.3, 0.4) is 0 Å². The number of rotatable bonds is 3. The molecule has 6 nitrogen and oxygen atoms in total. The van der Waals surface area contributed by atoms with E-state index >= 15 is 0 Å². The standard InChI is InChI=1S/C16H12FN3O3/c1-9-12(16(22)23)6-13-14(19-9)4-5-20(15(13)21)8-11-3-2-10(17)7-18-11/h2-7H,8H2,1H3,(H,22,23). The number of pyridine rings is 3. The van der Waals surface area contributed by atoms with Crippen LogP contribution in [-0.4, -0.2) is 25.6 Å². The van der Waals surface area contributed by atoms with Crippen molar-refractivity contribution in [1.29, 1.82) is 0 Å². The van der Waals surface area contributed by atoms with Crippen LogP contribution in [0.15, 0.2) is 41.5 Å². The molecule has 3 aromatic heterocycles. The Morgan fingerprint density at radius 1 is 1.35 bits per heavy atom. The van der Waals surface area contributed by atoms with Crippen LogP contribution in [0.4, 0.5) is 4.39 Å². The van der Waals surface area contributed by atoms with Crippen LogP contribution in [0.2, 0.25) is 0 Å². The summed E-state index contributed by atoms with van der Waals surface area (Å²) in [7, 11) is 0. The van der Waals surface area contributed by atoms with E-state index in [4.69, 9.17) is 5.11 Å². The fraction of sp³-hybridized carbons (Fsp3) is 0.125. The Balaban J connectivity index is 2.10. The van der Waals surface area contributed by atoms with Crippen molar-refractivity contribution in [3.05, 3.63) is 69.8 Å². The molecule has 0 aliphatic rings. The van der Waals surface area contributed by atoms with Crippen molar-refractivity contribution >= 4 is 16.9 Å². The lowest BCUT2D eigenvalue weighted by atomic mass is 10.1. The molecule has 3 rings (SSSR count). The molecule has 0 aliphatic carbocycles. The third kappa shape index (κ3) is 2.80. The molecule has 0 amide bonds. The second-order valence-corrected chi connectivity index (χ2v) is 5.08. The molecule has 23 heavy (non-hydrogen) atoms. The minimum Gasteiger partial charge on any atom is -0.478 e. The normalized spacial score (nSPS) is 10.9. The molecule has 3 heterocycles. The first-order valence-electron chi connectivity index (χ1n) is 6.80. The summed E-state index contributed by atoms with van der Waals surface area (Å²) >= 11 is 0. The summed E-state index contributed by atoms with van der Waals surface area (Å²) in [6, 6.07) is 5.72. The smallest absolute Gasteiger partial charge is 0.337 e. The van der Waals surface area contributed by atoms with Gasteiger partial charge in [-0.1, -0.05) is 0 Å². The van der Waals surface area contributed by atoms with Crippen LogP contribution in [0.5, 0.6) is 0 Å². The van der Waals surface area contributed by atoms with Crippen molar-refractivity contribution in [2.24, 2.45) is 0 Å². The van der Waals surface area contributed by atoms with Gasteiger partial charge in [-0.05, 0) is 31.2 Å². The molecular formula is C16H12FN3O3. The van der Waals surface area contributed by atoms with Gasteiger partial charge in [0.1, 0.15) is 5.82 Å². The molecule has 0 spiro atoms. The fourth-order valence-electron chi connectivity index (χ4n) is 2.32. The van der Waals surface area contributed by atoms with E-state index in [1.54, 1.807) is 19.2 Å². The number of aromatic nitrogens is 3. The molecule has 0 aromatic carbocycles. The highest BCUT2D eigenvalue weighted by atomic mass is 19.1. The minimum absolute atomic E-state index is 0.00717. The van der Waals surface area contributed by atoms with Crippen LogP contribution in [0, 0.1) is 12.7 Å². The number of aryl methyl sites for hydroxylation is 1. The van der Waals surface area contributed by atoms with E-state index in [9.17, 15) is 14.0 Å². The van der Waals surface area contributed by atoms with Gasteiger partial charge in [0.15, 0.2) is 0 Å². The maximum absolute atomic E-state index is 12.9. The Labute approximate surface area is 129 Å². The molecule has 7 heteroatoms. The molecule has 0 saturated heterocycles. The Morgan fingerprint density at radius 2 is 2.13 bits per heavy atom. The highest BCUT2D eigenvalue weighted by molar-refractivity contribution is 5.93. The van der Waals surface area contributed by atoms with E-state index in [0.717, 1.165) is 6.20 Å². The van der Waals surface area contributed by atoms with Crippen LogP contribution >= 0.6 is 0 Å². The molecule has 0 radical (unpaired) electrons. The molecule has 1 N–H and O–H groups in total. The van der Waals surface area contributed by atoms with E-state index in [-0.39, 0.29) is 23.1 Å². The van der Waals surface area contributed by atoms with Gasteiger partial charge in [0.2, 0.25) is 0 Å². The van der Waals surface area contributed by atoms with E-state index in [1.165, 1.54) is 22.8 Å². The summed E-state index contributed by atoms with van der Waals surface area (Å²) in [5.74, 6) is -1.59. The molecule has 0 saturated carbocycles. The van der Waals surface area contributed by atoms with Crippen molar-refractivity contribution in [3.63, 3.8) is 0 Å². The van der Waals surface area contributed by atoms with E-state index in [2.05, 4.69) is 9.97 Å². The zero-order chi connectivity index (χ0) is 16.6. The first-order chi connectivity index (χ1) is 11.0. The van der Waals surface area contributed by atoms with E-state index in [1.807, 2.05) is 0 Å². The summed E-state index contributed by atoms with van der Waals surface area (Å²) in [5.41, 5.74) is 0.922. The highest BCUT2D eigenvalue weighted by Crippen LogP contribution is 2.13. The summed E-state index contributed by atoms with van der Waals surface area (Å²) < 4.78 is 14.3. The molecule has 3 aromatic rings. The van der Waals surface area contributed by atoms with Gasteiger partial charge < -0.3 is 9.67 Å². The number of fused-ring (bicyclic) bond motifs is 1. The van der Waals surface area contributed by atoms with Gasteiger partial charge in [-0.15, -0.1) is 0 Å². The number of nitrogens with zero attached hydrogens (tertiary/aromatic N) is 3. The highest BCUT2D eigenvalue weighted by Gasteiger charge is 2.13. The van der Waals surface area contributed by atoms with Crippen molar-refractivity contribution in [2.45, 2.75) is 13.5 Å². The van der Waals surface area contributed by atoms with E-state index < -0.39 is 11.8 Å². The predicted molar refractivity (Wildman–Crippen MR) is 81.0 cm³/mol. The van der Waals surface area contributed by atoms with Gasteiger partial charge in [-0.25, -0.2) is 9.18 Å². The van der Waals surface area contributed by atoms with Gasteiger partial charge >= 0.3 is 5.97 Å². The van der Waals surface area contributed by atoms with Gasteiger partial charge in [0, 0.05) is 6.20 Å². The predicted octanol–water partition coefficient (Wildman–Crippen LogP) is 1.99. The van der Waals surface area contributed by atoms with Crippen LogP contribution in [0.25, 0.3) is 10.9 Å². The average Bonchev–Trinajstić information content (AvgIpc) is 2.51. The largest absolute Gasteiger partial charge is 0.478 e. The lowest BCUT2D eigenvalue weighted by Crippen LogP contribution is -2.21. The summed E-state index contributed by atoms with van der Waals surface area (Å²) in [4.78, 5) is 31.8. The Morgan fingerprint density at radius 3 is 2.78 bits per heavy atom. The molecule has 116 valence electrons. The van der Waals surface area contributed by atoms with Crippen molar-refractivity contribution in [3.8, 4) is 0 Å². The van der Waals surface area contributed by atoms with Gasteiger partial charge in [-0.3, -0.25) is 14.8 Å². The summed E-state index contributed by atoms with van der Waals surface area (Å²) in [6.07, 6.45) is 2.64. The van der Waals surface area contributed by atoms with Crippen molar-refractivity contribution < 1.29 is 14.3 Å². The van der Waals surface area contributed by atoms with E-state index in [0.29, 0.717) is 16.9 Å². The molecule has 0 aliphatic heterocycles. The first-order valence-corrected chi connectivity index (χ1v) is 6.80. The maximum Gasteiger partial charge on any atom is 0.337 e. The topological polar surface area (TPSA) is 85.1 Å². The zero-order valence-corrected chi connectivity index (χ0v) is 12.2. The third-order valence-electron chi connectivity index (χ3n) is 3.50. The quantitative estimate of drug-likeness (QED) is 0.799. The number of aromatic carboxylic acids is 1. The molecule has 0 bridgehead atoms. The third-order valence-corrected chi connectivity index (χ3v) is 3.50. The summed E-state index contributed by atoms with van der Waals surface area (Å²) in [5, 5.41) is 9.37. The number of hydrogen-bond acceptors (Lipinski definition) is 4. The summed E-state index contributed by atoms with van der Waals surface area (Å²) in [6.45, 7) is 1.74. The van der Waals surface area contributed by atoms with Crippen molar-refractivity contribution in [1.82, 2.24) is 14.5 Å². The lowest BCUT2D eigenvalue weighted by Gasteiger charge is -2.08. The van der Waals surface area contributed by atoms with Crippen LogP contribution in [0.1, 0.15) is 21.7 Å². The molecule has 0 unspecified atom stereocenters.